The number of amides is 3. The summed E-state index contributed by atoms with van der Waals surface area (Å²) in [7, 11) is 1.64. The van der Waals surface area contributed by atoms with E-state index >= 15 is 0 Å². The van der Waals surface area contributed by atoms with E-state index in [0.717, 1.165) is 28.9 Å². The van der Waals surface area contributed by atoms with Gasteiger partial charge in [-0.05, 0) is 47.4 Å². The van der Waals surface area contributed by atoms with Crippen molar-refractivity contribution in [3.63, 3.8) is 0 Å². The third-order valence-electron chi connectivity index (χ3n) is 4.99. The van der Waals surface area contributed by atoms with Crippen molar-refractivity contribution in [2.24, 2.45) is 5.73 Å². The molecule has 31 heavy (non-hydrogen) atoms. The van der Waals surface area contributed by atoms with Crippen molar-refractivity contribution < 1.29 is 14.3 Å². The second-order valence-electron chi connectivity index (χ2n) is 7.23. The van der Waals surface area contributed by atoms with E-state index in [0.29, 0.717) is 25.2 Å². The number of primary amides is 1. The molecule has 0 radical (unpaired) electrons. The van der Waals surface area contributed by atoms with Gasteiger partial charge in [0.05, 0.1) is 7.11 Å². The zero-order chi connectivity index (χ0) is 22.1. The Morgan fingerprint density at radius 2 is 1.61 bits per heavy atom. The Morgan fingerprint density at radius 1 is 0.903 bits per heavy atom. The first-order valence-electron chi connectivity index (χ1n) is 10.1. The smallest absolute Gasteiger partial charge is 0.317 e. The summed E-state index contributed by atoms with van der Waals surface area (Å²) in [6.45, 7) is 1.38. The van der Waals surface area contributed by atoms with Crippen LogP contribution in [0.2, 0.25) is 0 Å². The van der Waals surface area contributed by atoms with E-state index in [1.807, 2.05) is 60.7 Å². The average molecular weight is 418 g/mol. The highest BCUT2D eigenvalue weighted by Crippen LogP contribution is 2.13. The molecule has 0 spiro atoms. The molecule has 160 valence electrons. The molecule has 3 amide bonds. The summed E-state index contributed by atoms with van der Waals surface area (Å²) >= 11 is 0. The number of nitrogens with one attached hydrogen (secondary N) is 1. The minimum Gasteiger partial charge on any atom is -0.497 e. The summed E-state index contributed by atoms with van der Waals surface area (Å²) in [5.41, 5.74) is 8.77. The van der Waals surface area contributed by atoms with Crippen molar-refractivity contribution in [2.75, 3.05) is 13.7 Å². The van der Waals surface area contributed by atoms with Crippen molar-refractivity contribution in [2.45, 2.75) is 19.5 Å². The lowest BCUT2D eigenvalue weighted by atomic mass is 10.1. The monoisotopic (exact) mass is 417 g/mol. The molecule has 0 aromatic heterocycles. The summed E-state index contributed by atoms with van der Waals surface area (Å²) in [5, 5.41) is 2.95. The number of hydrogen-bond donors (Lipinski definition) is 2. The number of carbonyl (C=O) groups excluding carboxylic acids is 2. The Morgan fingerprint density at radius 3 is 2.29 bits per heavy atom. The summed E-state index contributed by atoms with van der Waals surface area (Å²) in [6, 6.07) is 24.5. The van der Waals surface area contributed by atoms with Crippen LogP contribution in [0, 0.1) is 0 Å². The molecule has 0 aliphatic heterocycles. The van der Waals surface area contributed by atoms with Gasteiger partial charge in [0.1, 0.15) is 5.75 Å². The van der Waals surface area contributed by atoms with Gasteiger partial charge in [-0.1, -0.05) is 54.6 Å². The van der Waals surface area contributed by atoms with Crippen molar-refractivity contribution in [1.29, 1.82) is 0 Å². The average Bonchev–Trinajstić information content (AvgIpc) is 2.81. The second-order valence-corrected chi connectivity index (χ2v) is 7.23. The van der Waals surface area contributed by atoms with Crippen LogP contribution in [0.1, 0.15) is 27.0 Å². The van der Waals surface area contributed by atoms with Crippen LogP contribution >= 0.6 is 0 Å². The molecule has 6 nitrogen and oxygen atoms in total. The lowest BCUT2D eigenvalue weighted by Gasteiger charge is -2.23. The molecule has 0 saturated heterocycles. The van der Waals surface area contributed by atoms with Crippen molar-refractivity contribution in [3.8, 4) is 5.75 Å². The zero-order valence-electron chi connectivity index (χ0n) is 17.6. The molecule has 3 rings (SSSR count). The molecule has 0 fully saturated rings. The van der Waals surface area contributed by atoms with Crippen LogP contribution in [-0.2, 0) is 19.5 Å². The highest BCUT2D eigenvalue weighted by molar-refractivity contribution is 5.92. The van der Waals surface area contributed by atoms with Crippen LogP contribution < -0.4 is 15.8 Å². The number of hydrogen-bond acceptors (Lipinski definition) is 3. The maximum atomic E-state index is 13.0. The summed E-state index contributed by atoms with van der Waals surface area (Å²) in [5.74, 6) is 0.319. The lowest BCUT2D eigenvalue weighted by Crippen LogP contribution is -2.40. The Bertz CT molecular complexity index is 1000. The molecule has 6 heteroatoms. The van der Waals surface area contributed by atoms with Gasteiger partial charge in [-0.25, -0.2) is 4.79 Å². The molecule has 3 N–H and O–H groups in total. The van der Waals surface area contributed by atoms with Crippen molar-refractivity contribution >= 4 is 11.9 Å². The van der Waals surface area contributed by atoms with E-state index in [9.17, 15) is 9.59 Å². The molecule has 3 aromatic carbocycles. The Labute approximate surface area is 182 Å². The minimum absolute atomic E-state index is 0.165. The van der Waals surface area contributed by atoms with E-state index in [-0.39, 0.29) is 6.03 Å². The maximum Gasteiger partial charge on any atom is 0.317 e. The minimum atomic E-state index is -0.488. The van der Waals surface area contributed by atoms with Gasteiger partial charge in [0.2, 0.25) is 5.91 Å². The van der Waals surface area contributed by atoms with Gasteiger partial charge in [-0.3, -0.25) is 4.79 Å². The SMILES string of the molecule is COc1ccc(CCN(Cc2ccccc2)C(=O)NCc2cccc(C(N)=O)c2)cc1. The van der Waals surface area contributed by atoms with E-state index in [1.165, 1.54) is 0 Å². The van der Waals surface area contributed by atoms with Gasteiger partial charge in [0.15, 0.2) is 0 Å². The number of ether oxygens (including phenoxy) is 1. The number of urea groups is 1. The molecular formula is C25H27N3O3. The van der Waals surface area contributed by atoms with Crippen LogP contribution in [0.25, 0.3) is 0 Å². The summed E-state index contributed by atoms with van der Waals surface area (Å²) in [4.78, 5) is 26.1. The molecular weight excluding hydrogens is 390 g/mol. The van der Waals surface area contributed by atoms with Gasteiger partial charge in [0.25, 0.3) is 0 Å². The van der Waals surface area contributed by atoms with E-state index < -0.39 is 5.91 Å². The normalized spacial score (nSPS) is 10.4. The first kappa shape index (κ1) is 21.9. The van der Waals surface area contributed by atoms with Gasteiger partial charge in [0, 0.05) is 25.2 Å². The van der Waals surface area contributed by atoms with Crippen LogP contribution in [0.5, 0.6) is 5.75 Å². The second kappa shape index (κ2) is 10.8. The van der Waals surface area contributed by atoms with Crippen molar-refractivity contribution in [3.05, 3.63) is 101 Å². The Kier molecular flexibility index (Phi) is 7.65. The van der Waals surface area contributed by atoms with Gasteiger partial charge in [-0.15, -0.1) is 0 Å². The number of rotatable bonds is 9. The number of nitrogens with two attached hydrogens (primary N) is 1. The van der Waals surface area contributed by atoms with Gasteiger partial charge < -0.3 is 20.7 Å². The standard InChI is InChI=1S/C25H27N3O3/c1-31-23-12-10-19(11-13-23)14-15-28(18-20-6-3-2-4-7-20)25(30)27-17-21-8-5-9-22(16-21)24(26)29/h2-13,16H,14-15,17-18H2,1H3,(H2,26,29)(H,27,30). The Hall–Kier alpha value is -3.80. The largest absolute Gasteiger partial charge is 0.497 e. The van der Waals surface area contributed by atoms with Gasteiger partial charge in [-0.2, -0.15) is 0 Å². The molecule has 0 aliphatic rings. The number of benzene rings is 3. The molecule has 3 aromatic rings. The Balaban J connectivity index is 1.66. The summed E-state index contributed by atoms with van der Waals surface area (Å²) < 4.78 is 5.21. The molecule has 0 atom stereocenters. The summed E-state index contributed by atoms with van der Waals surface area (Å²) in [6.07, 6.45) is 0.724. The topological polar surface area (TPSA) is 84.7 Å². The molecule has 0 bridgehead atoms. The van der Waals surface area contributed by atoms with Crippen LogP contribution in [-0.4, -0.2) is 30.5 Å². The fourth-order valence-electron chi connectivity index (χ4n) is 3.24. The van der Waals surface area contributed by atoms with Crippen LogP contribution in [0.15, 0.2) is 78.9 Å². The zero-order valence-corrected chi connectivity index (χ0v) is 17.6. The fourth-order valence-corrected chi connectivity index (χ4v) is 3.24. The third-order valence-corrected chi connectivity index (χ3v) is 4.99. The van der Waals surface area contributed by atoms with Crippen LogP contribution in [0.3, 0.4) is 0 Å². The molecule has 0 aliphatic carbocycles. The maximum absolute atomic E-state index is 13.0. The first-order valence-corrected chi connectivity index (χ1v) is 10.1. The van der Waals surface area contributed by atoms with Crippen molar-refractivity contribution in [1.82, 2.24) is 10.2 Å². The van der Waals surface area contributed by atoms with E-state index in [1.54, 1.807) is 30.2 Å². The van der Waals surface area contributed by atoms with E-state index in [4.69, 9.17) is 10.5 Å². The fraction of sp³-hybridized carbons (Fsp3) is 0.200. The van der Waals surface area contributed by atoms with Gasteiger partial charge >= 0.3 is 6.03 Å². The van der Waals surface area contributed by atoms with Crippen LogP contribution in [0.4, 0.5) is 4.79 Å². The quantitative estimate of drug-likeness (QED) is 0.556. The highest BCUT2D eigenvalue weighted by Gasteiger charge is 2.14. The third kappa shape index (κ3) is 6.60. The lowest BCUT2D eigenvalue weighted by molar-refractivity contribution is 0.1000. The molecule has 0 heterocycles. The molecule has 0 saturated carbocycles. The molecule has 0 unspecified atom stereocenters. The van der Waals surface area contributed by atoms with E-state index in [2.05, 4.69) is 5.32 Å². The predicted molar refractivity (Wildman–Crippen MR) is 121 cm³/mol. The highest BCUT2D eigenvalue weighted by atomic mass is 16.5. The number of methoxy groups -OCH3 is 1. The predicted octanol–water partition coefficient (Wildman–Crippen LogP) is 3.75. The number of carbonyl (C=O) groups is 2. The first-order chi connectivity index (χ1) is 15.0. The number of nitrogens with zero attached hydrogens (tertiary/aromatic N) is 1.